The summed E-state index contributed by atoms with van der Waals surface area (Å²) in [7, 11) is 0. The molecular weight excluding hydrogens is 313 g/mol. The van der Waals surface area contributed by atoms with Crippen molar-refractivity contribution in [3.05, 3.63) is 38.0 Å². The van der Waals surface area contributed by atoms with E-state index >= 15 is 0 Å². The molecule has 0 radical (unpaired) electrons. The molecule has 3 aromatic rings. The Bertz CT molecular complexity index is 614. The zero-order valence-electron chi connectivity index (χ0n) is 12.9. The minimum atomic E-state index is 0.651. The van der Waals surface area contributed by atoms with E-state index in [-0.39, 0.29) is 0 Å². The second-order valence-corrected chi connectivity index (χ2v) is 6.47. The van der Waals surface area contributed by atoms with Crippen LogP contribution in [-0.4, -0.2) is 82.7 Å². The van der Waals surface area contributed by atoms with Gasteiger partial charge in [-0.15, -0.1) is 0 Å². The number of nitrogens with zero attached hydrogens (tertiary/aromatic N) is 11. The van der Waals surface area contributed by atoms with Crippen molar-refractivity contribution in [3.8, 4) is 0 Å². The Labute approximate surface area is 141 Å². The highest BCUT2D eigenvalue weighted by Crippen LogP contribution is 1.98. The van der Waals surface area contributed by atoms with E-state index in [1.165, 1.54) is 12.7 Å². The van der Waals surface area contributed by atoms with Gasteiger partial charge in [-0.05, 0) is 6.54 Å². The quantitative estimate of drug-likeness (QED) is 0.411. The second-order valence-electron chi connectivity index (χ2n) is 5.20. The van der Waals surface area contributed by atoms with E-state index in [0.29, 0.717) is 13.3 Å². The fourth-order valence-electron chi connectivity index (χ4n) is 2.14. The van der Waals surface area contributed by atoms with Gasteiger partial charge >= 0.3 is 16.5 Å². The van der Waals surface area contributed by atoms with E-state index in [4.69, 9.17) is 0 Å². The van der Waals surface area contributed by atoms with E-state index in [2.05, 4.69) is 39.0 Å². The minimum absolute atomic E-state index is 0.651. The molecule has 0 amide bonds. The van der Waals surface area contributed by atoms with E-state index in [0.717, 1.165) is 36.3 Å². The van der Waals surface area contributed by atoms with Crippen molar-refractivity contribution in [1.82, 2.24) is 53.1 Å². The first kappa shape index (κ1) is 15.8. The van der Waals surface area contributed by atoms with Crippen LogP contribution in [0, 0.1) is 0 Å². The van der Waals surface area contributed by atoms with Crippen LogP contribution in [0.2, 0.25) is 0 Å². The predicted octanol–water partition coefficient (Wildman–Crippen LogP) is -2.11. The van der Waals surface area contributed by atoms with Gasteiger partial charge in [-0.3, -0.25) is 4.90 Å². The van der Waals surface area contributed by atoms with Gasteiger partial charge in [0.15, 0.2) is 0 Å². The molecule has 0 saturated heterocycles. The Morgan fingerprint density at radius 2 is 1.17 bits per heavy atom. The van der Waals surface area contributed by atoms with Gasteiger partial charge in [0.2, 0.25) is 0 Å². The average Bonchev–Trinajstić information content (AvgIpc) is 3.28. The summed E-state index contributed by atoms with van der Waals surface area (Å²) in [6.45, 7) is 3.86. The summed E-state index contributed by atoms with van der Waals surface area (Å²) in [6, 6.07) is 0. The summed E-state index contributed by atoms with van der Waals surface area (Å²) < 4.78 is 7.73. The highest BCUT2D eigenvalue weighted by molar-refractivity contribution is 6.04. The van der Waals surface area contributed by atoms with Gasteiger partial charge in [0, 0.05) is 6.54 Å². The lowest BCUT2D eigenvalue weighted by Crippen LogP contribution is -2.37. The SMILES string of the molecule is [AlH2][N](CCN(Cn1cncn1)Cn1cncn1)Cn1cncn1. The Morgan fingerprint density at radius 1 is 0.696 bits per heavy atom. The maximum absolute atomic E-state index is 4.16. The van der Waals surface area contributed by atoms with Gasteiger partial charge in [-0.25, -0.2) is 29.0 Å². The highest BCUT2D eigenvalue weighted by Gasteiger charge is 2.09. The molecule has 0 saturated carbocycles. The maximum Gasteiger partial charge on any atom is 0.324 e. The molecule has 0 aliphatic rings. The summed E-state index contributed by atoms with van der Waals surface area (Å²) >= 11 is 0.946. The molecule has 0 aromatic carbocycles. The van der Waals surface area contributed by atoms with E-state index in [9.17, 15) is 0 Å². The van der Waals surface area contributed by atoms with Gasteiger partial charge in [0.25, 0.3) is 0 Å². The van der Waals surface area contributed by atoms with Crippen LogP contribution in [0.15, 0.2) is 38.0 Å². The third kappa shape index (κ3) is 4.93. The third-order valence-corrected chi connectivity index (χ3v) is 4.00. The van der Waals surface area contributed by atoms with Crippen LogP contribution in [0.3, 0.4) is 0 Å². The molecule has 3 aromatic heterocycles. The van der Waals surface area contributed by atoms with Crippen molar-refractivity contribution in [3.63, 3.8) is 0 Å². The minimum Gasteiger partial charge on any atom is -0.372 e. The van der Waals surface area contributed by atoms with Gasteiger partial charge in [0.1, 0.15) is 38.0 Å². The number of aromatic nitrogens is 9. The second kappa shape index (κ2) is 7.93. The van der Waals surface area contributed by atoms with E-state index in [1.54, 1.807) is 34.7 Å². The average molecular weight is 331 g/mol. The Morgan fingerprint density at radius 3 is 1.61 bits per heavy atom. The zero-order valence-corrected chi connectivity index (χ0v) is 14.9. The van der Waals surface area contributed by atoms with Gasteiger partial charge in [0.05, 0.1) is 20.0 Å². The molecule has 0 fully saturated rings. The first-order valence-corrected chi connectivity index (χ1v) is 8.07. The topological polar surface area (TPSA) is 98.6 Å². The summed E-state index contributed by atoms with van der Waals surface area (Å²) in [5, 5.41) is 12.5. The van der Waals surface area contributed by atoms with Crippen molar-refractivity contribution in [2.45, 2.75) is 20.0 Å². The molecule has 3 rings (SSSR count). The normalized spacial score (nSPS) is 11.6. The van der Waals surface area contributed by atoms with Crippen molar-refractivity contribution in [1.29, 1.82) is 0 Å². The predicted molar refractivity (Wildman–Crippen MR) is 82.0 cm³/mol. The van der Waals surface area contributed by atoms with Crippen LogP contribution < -0.4 is 0 Å². The molecule has 0 spiro atoms. The fourth-order valence-corrected chi connectivity index (χ4v) is 2.63. The molecule has 0 aliphatic carbocycles. The largest absolute Gasteiger partial charge is 0.372 e. The lowest BCUT2D eigenvalue weighted by atomic mass is 10.5. The van der Waals surface area contributed by atoms with Crippen LogP contribution in [0.4, 0.5) is 0 Å². The molecule has 0 bridgehead atoms. The van der Waals surface area contributed by atoms with E-state index < -0.39 is 0 Å². The monoisotopic (exact) mass is 331 g/mol. The van der Waals surface area contributed by atoms with Gasteiger partial charge in [-0.2, -0.15) is 15.3 Å². The van der Waals surface area contributed by atoms with Crippen LogP contribution >= 0.6 is 0 Å². The Hall–Kier alpha value is -2.13. The first-order valence-electron chi connectivity index (χ1n) is 7.18. The van der Waals surface area contributed by atoms with Gasteiger partial charge < -0.3 is 3.88 Å². The molecule has 11 nitrogen and oxygen atoms in total. The lowest BCUT2D eigenvalue weighted by molar-refractivity contribution is 0.139. The van der Waals surface area contributed by atoms with Crippen molar-refractivity contribution in [2.24, 2.45) is 0 Å². The fraction of sp³-hybridized carbons (Fsp3) is 0.455. The van der Waals surface area contributed by atoms with Crippen molar-refractivity contribution in [2.75, 3.05) is 13.1 Å². The molecule has 12 heteroatoms. The van der Waals surface area contributed by atoms with Crippen molar-refractivity contribution < 1.29 is 0 Å². The molecule has 0 N–H and O–H groups in total. The van der Waals surface area contributed by atoms with E-state index in [1.807, 2.05) is 4.68 Å². The third-order valence-electron chi connectivity index (χ3n) is 3.27. The molecule has 23 heavy (non-hydrogen) atoms. The Balaban J connectivity index is 1.54. The van der Waals surface area contributed by atoms with Crippen LogP contribution in [-0.2, 0) is 20.0 Å². The molecule has 3 heterocycles. The lowest BCUT2D eigenvalue weighted by Gasteiger charge is -2.25. The summed E-state index contributed by atoms with van der Waals surface area (Å²) in [4.78, 5) is 14.2. The first-order chi connectivity index (χ1) is 11.3. The molecule has 120 valence electrons. The van der Waals surface area contributed by atoms with Crippen LogP contribution in [0.25, 0.3) is 0 Å². The van der Waals surface area contributed by atoms with Gasteiger partial charge in [-0.1, -0.05) is 0 Å². The molecule has 0 aliphatic heterocycles. The molecule has 0 unspecified atom stereocenters. The van der Waals surface area contributed by atoms with Crippen LogP contribution in [0.5, 0.6) is 0 Å². The molecular formula is C11H18AlN11. The zero-order chi connectivity index (χ0) is 15.9. The number of hydrogen-bond acceptors (Lipinski definition) is 8. The highest BCUT2D eigenvalue weighted by atomic mass is 27.1. The maximum atomic E-state index is 4.16. The smallest absolute Gasteiger partial charge is 0.324 e. The summed E-state index contributed by atoms with van der Waals surface area (Å²) in [5.74, 6) is 0. The summed E-state index contributed by atoms with van der Waals surface area (Å²) in [5.41, 5.74) is 0. The van der Waals surface area contributed by atoms with Crippen LogP contribution in [0.1, 0.15) is 0 Å². The number of rotatable bonds is 9. The number of hydrogen-bond donors (Lipinski definition) is 0. The standard InChI is InChI=1S/C11H16N11.Al.2H/c1(12-6-20-7-13-3-16-20)2-19(10-21-8-14-4-17-21)11-22-9-15-5-18-22;;;/h3-5,7-9H,1-2,6,10-11H2;;;/q-1;+1;;. The Kier molecular flexibility index (Phi) is 5.43. The molecule has 0 atom stereocenters. The summed E-state index contributed by atoms with van der Waals surface area (Å²) in [6.07, 6.45) is 9.78. The van der Waals surface area contributed by atoms with Crippen molar-refractivity contribution >= 4 is 16.5 Å².